The van der Waals surface area contributed by atoms with Gasteiger partial charge in [0.15, 0.2) is 0 Å². The van der Waals surface area contributed by atoms with E-state index in [1.165, 1.54) is 0 Å². The number of hydrogen-bond acceptors (Lipinski definition) is 2. The van der Waals surface area contributed by atoms with Gasteiger partial charge in [-0.05, 0) is 0 Å². The number of hydrogen-bond donors (Lipinski definition) is 0. The number of halogens is 3. The van der Waals surface area contributed by atoms with Gasteiger partial charge in [0.2, 0.25) is 0 Å². The molecule has 0 fully saturated rings. The van der Waals surface area contributed by atoms with Crippen molar-refractivity contribution in [3.63, 3.8) is 0 Å². The van der Waals surface area contributed by atoms with Gasteiger partial charge in [-0.25, -0.2) is 0 Å². The van der Waals surface area contributed by atoms with Gasteiger partial charge in [-0.2, -0.15) is 4.29 Å². The molecule has 0 aliphatic rings. The Morgan fingerprint density at radius 3 is 2.00 bits per heavy atom. The van der Waals surface area contributed by atoms with Crippen molar-refractivity contribution < 1.29 is 17.8 Å². The minimum Gasteiger partial charge on any atom is -0.298 e. The van der Waals surface area contributed by atoms with Crippen LogP contribution >= 0.6 is 11.9 Å². The van der Waals surface area contributed by atoms with Gasteiger partial charge in [0.05, 0.1) is 11.9 Å². The second-order valence-corrected chi connectivity index (χ2v) is 0.899. The van der Waals surface area contributed by atoms with Crippen LogP contribution in [0.15, 0.2) is 0 Å². The zero-order chi connectivity index (χ0) is 5.91. The molecule has 0 spiro atoms. The monoisotopic (exact) mass is 132 g/mol. The van der Waals surface area contributed by atoms with Crippen molar-refractivity contribution in [1.82, 2.24) is 0 Å². The van der Waals surface area contributed by atoms with E-state index in [2.05, 4.69) is 20.9 Å². The Labute approximate surface area is 44.1 Å². The summed E-state index contributed by atoms with van der Waals surface area (Å²) in [5, 5.41) is 0. The van der Waals surface area contributed by atoms with Crippen molar-refractivity contribution in [2.24, 2.45) is 0 Å². The lowest BCUT2D eigenvalue weighted by Crippen LogP contribution is -2.17. The molecule has 0 saturated carbocycles. The smallest absolute Gasteiger partial charge is 0.298 e. The summed E-state index contributed by atoms with van der Waals surface area (Å²) in [6, 6.07) is 0. The fourth-order valence-electron chi connectivity index (χ4n) is 0.0315. The van der Waals surface area contributed by atoms with Crippen molar-refractivity contribution in [3.05, 3.63) is 0 Å². The quantitative estimate of drug-likeness (QED) is 0.528. The molecule has 0 aromatic rings. The minimum atomic E-state index is -3.65. The molecule has 0 N–H and O–H groups in total. The first-order valence-electron chi connectivity index (χ1n) is 1.35. The molecular formula is C2H3ClF2O2. The summed E-state index contributed by atoms with van der Waals surface area (Å²) in [7, 11) is 0.780. The van der Waals surface area contributed by atoms with Crippen LogP contribution in [0.25, 0.3) is 0 Å². The Hall–Kier alpha value is 0.0700. The summed E-state index contributed by atoms with van der Waals surface area (Å²) < 4.78 is 29.0. The molecule has 0 aromatic heterocycles. The fraction of sp³-hybridized carbons (Fsp3) is 1.00. The Morgan fingerprint density at radius 2 is 2.00 bits per heavy atom. The molecule has 0 heterocycles. The van der Waals surface area contributed by atoms with Crippen LogP contribution in [0.1, 0.15) is 0 Å². The van der Waals surface area contributed by atoms with E-state index >= 15 is 0 Å². The van der Waals surface area contributed by atoms with Gasteiger partial charge < -0.3 is 0 Å². The maximum absolute atomic E-state index is 11.3. The first kappa shape index (κ1) is 7.07. The molecule has 0 rings (SSSR count). The van der Waals surface area contributed by atoms with Gasteiger partial charge in [-0.15, -0.1) is 8.78 Å². The lowest BCUT2D eigenvalue weighted by Gasteiger charge is -2.05. The third-order valence-electron chi connectivity index (χ3n) is 0.327. The largest absolute Gasteiger partial charge is 0.501 e. The molecule has 0 bridgehead atoms. The first-order valence-corrected chi connectivity index (χ1v) is 1.66. The third-order valence-corrected chi connectivity index (χ3v) is 0.507. The summed E-state index contributed by atoms with van der Waals surface area (Å²) in [5.74, 6) is 0. The normalized spacial score (nSPS) is 12.0. The second kappa shape index (κ2) is 2.40. The van der Waals surface area contributed by atoms with E-state index in [-0.39, 0.29) is 0 Å². The van der Waals surface area contributed by atoms with Crippen molar-refractivity contribution in [2.75, 3.05) is 7.11 Å². The molecule has 44 valence electrons. The Kier molecular flexibility index (Phi) is 2.42. The molecule has 0 saturated heterocycles. The molecular weight excluding hydrogens is 129 g/mol. The topological polar surface area (TPSA) is 18.5 Å². The summed E-state index contributed by atoms with van der Waals surface area (Å²) in [5.41, 5.74) is 0. The van der Waals surface area contributed by atoms with Crippen molar-refractivity contribution in [3.8, 4) is 0 Å². The van der Waals surface area contributed by atoms with E-state index in [0.717, 1.165) is 7.11 Å². The van der Waals surface area contributed by atoms with Crippen LogP contribution in [0.3, 0.4) is 0 Å². The summed E-state index contributed by atoms with van der Waals surface area (Å²) >= 11 is 4.22. The second-order valence-electron chi connectivity index (χ2n) is 0.745. The number of ether oxygens (including phenoxy) is 1. The van der Waals surface area contributed by atoms with E-state index in [1.54, 1.807) is 0 Å². The summed E-state index contributed by atoms with van der Waals surface area (Å²) in [6.07, 6.45) is -3.65. The van der Waals surface area contributed by atoms with Crippen molar-refractivity contribution in [2.45, 2.75) is 6.29 Å². The zero-order valence-corrected chi connectivity index (χ0v) is 4.21. The lowest BCUT2D eigenvalue weighted by atomic mass is 11.3. The van der Waals surface area contributed by atoms with Crippen LogP contribution in [0.2, 0.25) is 0 Å². The van der Waals surface area contributed by atoms with E-state index in [1.807, 2.05) is 0 Å². The molecule has 5 heteroatoms. The molecule has 0 unspecified atom stereocenters. The van der Waals surface area contributed by atoms with Gasteiger partial charge in [-0.1, -0.05) is 0 Å². The highest BCUT2D eigenvalue weighted by Gasteiger charge is 2.29. The predicted octanol–water partition coefficient (Wildman–Crippen LogP) is 1.35. The van der Waals surface area contributed by atoms with Crippen LogP contribution in [0, 0.1) is 0 Å². The number of alkyl halides is 2. The van der Waals surface area contributed by atoms with Gasteiger partial charge in [0.25, 0.3) is 0 Å². The van der Waals surface area contributed by atoms with Crippen molar-refractivity contribution in [1.29, 1.82) is 0 Å². The molecule has 0 aliphatic heterocycles. The number of rotatable bonds is 2. The standard InChI is InChI=1S/C2H3ClF2O2/c1-6-2(4,5)7-3/h1H3. The summed E-state index contributed by atoms with van der Waals surface area (Å²) in [6.45, 7) is 0. The maximum Gasteiger partial charge on any atom is 0.501 e. The van der Waals surface area contributed by atoms with Gasteiger partial charge >= 0.3 is 6.29 Å². The Bertz CT molecular complexity index is 51.7. The third kappa shape index (κ3) is 2.73. The summed E-state index contributed by atoms with van der Waals surface area (Å²) in [4.78, 5) is 0. The van der Waals surface area contributed by atoms with E-state index in [4.69, 9.17) is 0 Å². The molecule has 0 aliphatic carbocycles. The van der Waals surface area contributed by atoms with Gasteiger partial charge in [-0.3, -0.25) is 4.74 Å². The highest BCUT2D eigenvalue weighted by atomic mass is 35.5. The Balaban J connectivity index is 3.36. The molecule has 7 heavy (non-hydrogen) atoms. The van der Waals surface area contributed by atoms with Crippen molar-refractivity contribution >= 4 is 11.9 Å². The SMILES string of the molecule is COC(F)(F)OCl. The van der Waals surface area contributed by atoms with Gasteiger partial charge in [0.1, 0.15) is 0 Å². The molecule has 0 atom stereocenters. The Morgan fingerprint density at radius 1 is 1.57 bits per heavy atom. The average Bonchev–Trinajstić information content (AvgIpc) is 1.68. The van der Waals surface area contributed by atoms with Crippen LogP contribution in [-0.2, 0) is 9.03 Å². The van der Waals surface area contributed by atoms with E-state index in [9.17, 15) is 8.78 Å². The number of methoxy groups -OCH3 is 1. The first-order chi connectivity index (χ1) is 3.12. The highest BCUT2D eigenvalue weighted by Crippen LogP contribution is 2.16. The van der Waals surface area contributed by atoms with E-state index < -0.39 is 6.29 Å². The maximum atomic E-state index is 11.3. The molecule has 0 radical (unpaired) electrons. The minimum absolute atomic E-state index is 0.780. The van der Waals surface area contributed by atoms with Gasteiger partial charge in [0, 0.05) is 7.11 Å². The average molecular weight is 132 g/mol. The lowest BCUT2D eigenvalue weighted by molar-refractivity contribution is -0.341. The molecule has 0 amide bonds. The highest BCUT2D eigenvalue weighted by molar-refractivity contribution is 6.07. The van der Waals surface area contributed by atoms with Crippen LogP contribution in [-0.4, -0.2) is 13.4 Å². The molecule has 0 aromatic carbocycles. The predicted molar refractivity (Wildman–Crippen MR) is 18.9 cm³/mol. The van der Waals surface area contributed by atoms with Crippen LogP contribution in [0.5, 0.6) is 0 Å². The van der Waals surface area contributed by atoms with Crippen LogP contribution in [0.4, 0.5) is 8.78 Å². The zero-order valence-electron chi connectivity index (χ0n) is 3.45. The van der Waals surface area contributed by atoms with Crippen LogP contribution < -0.4 is 0 Å². The molecule has 2 nitrogen and oxygen atoms in total. The van der Waals surface area contributed by atoms with E-state index in [0.29, 0.717) is 0 Å². The fourth-order valence-corrected chi connectivity index (χ4v) is 0.0945.